The van der Waals surface area contributed by atoms with Gasteiger partial charge in [-0.1, -0.05) is 13.3 Å². The summed E-state index contributed by atoms with van der Waals surface area (Å²) in [5, 5.41) is 10.3. The van der Waals surface area contributed by atoms with Crippen LogP contribution in [0.1, 0.15) is 26.7 Å². The summed E-state index contributed by atoms with van der Waals surface area (Å²) >= 11 is 0. The number of unbranched alkanes of at least 4 members (excludes halogenated alkanes) is 1. The molecule has 0 heterocycles. The van der Waals surface area contributed by atoms with Crippen LogP contribution < -0.4 is 5.32 Å². The fraction of sp³-hybridized carbons (Fsp3) is 0.778. The van der Waals surface area contributed by atoms with Crippen molar-refractivity contribution in [3.8, 4) is 0 Å². The molecule has 0 spiro atoms. The number of esters is 1. The Balaban J connectivity index is 0. The standard InChI is InChI=1S/C6H12O2.C3H7NO2/c1-3-4-5-8-6(2)7;1-4-2-3(5)6/h3-5H2,1-2H3;4H,2H2,1H3,(H,5,6). The average Bonchev–Trinajstić information content (AvgIpc) is 2.05. The normalized spacial score (nSPS) is 8.50. The van der Waals surface area contributed by atoms with Crippen LogP contribution in [0.2, 0.25) is 0 Å². The van der Waals surface area contributed by atoms with E-state index >= 15 is 0 Å². The van der Waals surface area contributed by atoms with E-state index in [-0.39, 0.29) is 12.5 Å². The van der Waals surface area contributed by atoms with Gasteiger partial charge in [-0.25, -0.2) is 0 Å². The zero-order valence-electron chi connectivity index (χ0n) is 9.00. The SMILES string of the molecule is CCCCOC(C)=O.CNCC(=O)O. The van der Waals surface area contributed by atoms with Gasteiger partial charge in [0.1, 0.15) is 0 Å². The molecular weight excluding hydrogens is 186 g/mol. The van der Waals surface area contributed by atoms with E-state index in [0.717, 1.165) is 12.8 Å². The summed E-state index contributed by atoms with van der Waals surface area (Å²) in [5.74, 6) is -1.00. The van der Waals surface area contributed by atoms with Crippen molar-refractivity contribution in [2.24, 2.45) is 0 Å². The first kappa shape index (κ1) is 15.4. The Morgan fingerprint density at radius 1 is 1.43 bits per heavy atom. The third-order valence-corrected chi connectivity index (χ3v) is 1.13. The summed E-state index contributed by atoms with van der Waals surface area (Å²) in [6, 6.07) is 0. The minimum atomic E-state index is -0.822. The van der Waals surface area contributed by atoms with Crippen LogP contribution in [0, 0.1) is 0 Å². The molecule has 0 aliphatic carbocycles. The molecule has 0 aliphatic heterocycles. The molecule has 0 amide bonds. The Morgan fingerprint density at radius 2 is 2.00 bits per heavy atom. The van der Waals surface area contributed by atoms with E-state index in [4.69, 9.17) is 5.11 Å². The minimum Gasteiger partial charge on any atom is -0.480 e. The molecule has 5 heteroatoms. The van der Waals surface area contributed by atoms with Crippen LogP contribution in [0.25, 0.3) is 0 Å². The first-order valence-electron chi connectivity index (χ1n) is 4.54. The maximum Gasteiger partial charge on any atom is 0.317 e. The van der Waals surface area contributed by atoms with Gasteiger partial charge in [0.15, 0.2) is 0 Å². The number of carboxylic acid groups (broad SMARTS) is 1. The number of hydrogen-bond acceptors (Lipinski definition) is 4. The molecule has 0 rings (SSSR count). The molecule has 0 saturated heterocycles. The van der Waals surface area contributed by atoms with Gasteiger partial charge >= 0.3 is 11.9 Å². The van der Waals surface area contributed by atoms with Gasteiger partial charge in [-0.2, -0.15) is 0 Å². The Morgan fingerprint density at radius 3 is 2.21 bits per heavy atom. The average molecular weight is 205 g/mol. The molecule has 0 bridgehead atoms. The molecule has 0 aromatic carbocycles. The zero-order chi connectivity index (χ0) is 11.4. The molecule has 0 saturated carbocycles. The van der Waals surface area contributed by atoms with Crippen LogP contribution in [-0.2, 0) is 14.3 Å². The Bertz CT molecular complexity index is 159. The van der Waals surface area contributed by atoms with Gasteiger partial charge in [0.25, 0.3) is 0 Å². The second-order valence-electron chi connectivity index (χ2n) is 2.62. The van der Waals surface area contributed by atoms with Crippen LogP contribution >= 0.6 is 0 Å². The van der Waals surface area contributed by atoms with Crippen molar-refractivity contribution in [1.82, 2.24) is 5.32 Å². The van der Waals surface area contributed by atoms with Crippen LogP contribution in [0.15, 0.2) is 0 Å². The highest BCUT2D eigenvalue weighted by Gasteiger charge is 1.88. The minimum absolute atomic E-state index is 0.0417. The number of likely N-dealkylation sites (N-methyl/N-ethyl adjacent to an activating group) is 1. The molecule has 0 fully saturated rings. The first-order valence-corrected chi connectivity index (χ1v) is 4.54. The van der Waals surface area contributed by atoms with E-state index in [9.17, 15) is 9.59 Å². The fourth-order valence-corrected chi connectivity index (χ4v) is 0.511. The number of carboxylic acids is 1. The van der Waals surface area contributed by atoms with E-state index in [2.05, 4.69) is 17.0 Å². The Kier molecular flexibility index (Phi) is 13.1. The van der Waals surface area contributed by atoms with Crippen molar-refractivity contribution in [3.63, 3.8) is 0 Å². The molecular formula is C9H19NO4. The van der Waals surface area contributed by atoms with E-state index in [1.807, 2.05) is 0 Å². The smallest absolute Gasteiger partial charge is 0.317 e. The largest absolute Gasteiger partial charge is 0.480 e. The molecule has 0 radical (unpaired) electrons. The number of carbonyl (C=O) groups excluding carboxylic acids is 1. The quantitative estimate of drug-likeness (QED) is 0.509. The van der Waals surface area contributed by atoms with Gasteiger partial charge in [-0.15, -0.1) is 0 Å². The predicted octanol–water partition coefficient (Wildman–Crippen LogP) is 0.640. The molecule has 0 aromatic rings. The lowest BCUT2D eigenvalue weighted by Crippen LogP contribution is -2.16. The maximum atomic E-state index is 10.1. The Labute approximate surface area is 84.4 Å². The maximum absolute atomic E-state index is 10.1. The number of carbonyl (C=O) groups is 2. The highest BCUT2D eigenvalue weighted by Crippen LogP contribution is 1.86. The van der Waals surface area contributed by atoms with E-state index in [0.29, 0.717) is 6.61 Å². The van der Waals surface area contributed by atoms with Gasteiger partial charge < -0.3 is 15.2 Å². The third-order valence-electron chi connectivity index (χ3n) is 1.13. The summed E-state index contributed by atoms with van der Waals surface area (Å²) in [5.41, 5.74) is 0. The number of rotatable bonds is 5. The lowest BCUT2D eigenvalue weighted by molar-refractivity contribution is -0.141. The van der Waals surface area contributed by atoms with Crippen LogP contribution in [0.4, 0.5) is 0 Å². The van der Waals surface area contributed by atoms with Gasteiger partial charge in [-0.3, -0.25) is 9.59 Å². The number of aliphatic carboxylic acids is 1. The van der Waals surface area contributed by atoms with Crippen molar-refractivity contribution in [1.29, 1.82) is 0 Å². The van der Waals surface area contributed by atoms with Crippen molar-refractivity contribution < 1.29 is 19.4 Å². The first-order chi connectivity index (χ1) is 6.54. The van der Waals surface area contributed by atoms with Gasteiger partial charge in [0, 0.05) is 6.92 Å². The zero-order valence-corrected chi connectivity index (χ0v) is 9.00. The molecule has 2 N–H and O–H groups in total. The van der Waals surface area contributed by atoms with Crippen molar-refractivity contribution in [2.75, 3.05) is 20.2 Å². The predicted molar refractivity (Wildman–Crippen MR) is 53.1 cm³/mol. The molecule has 84 valence electrons. The summed E-state index contributed by atoms with van der Waals surface area (Å²) in [6.07, 6.45) is 2.05. The number of nitrogens with one attached hydrogen (secondary N) is 1. The molecule has 0 aromatic heterocycles. The number of hydrogen-bond donors (Lipinski definition) is 2. The van der Waals surface area contributed by atoms with Gasteiger partial charge in [0.05, 0.1) is 13.2 Å². The van der Waals surface area contributed by atoms with Crippen LogP contribution in [0.3, 0.4) is 0 Å². The van der Waals surface area contributed by atoms with Crippen molar-refractivity contribution >= 4 is 11.9 Å². The highest BCUT2D eigenvalue weighted by molar-refractivity contribution is 5.68. The Hall–Kier alpha value is -1.10. The second kappa shape index (κ2) is 11.9. The van der Waals surface area contributed by atoms with Gasteiger partial charge in [-0.05, 0) is 13.5 Å². The summed E-state index contributed by atoms with van der Waals surface area (Å²) in [6.45, 7) is 4.10. The molecule has 0 unspecified atom stereocenters. The van der Waals surface area contributed by atoms with Gasteiger partial charge in [0.2, 0.25) is 0 Å². The van der Waals surface area contributed by atoms with E-state index in [1.54, 1.807) is 7.05 Å². The topological polar surface area (TPSA) is 75.6 Å². The molecule has 0 aliphatic rings. The van der Waals surface area contributed by atoms with E-state index < -0.39 is 5.97 Å². The second-order valence-corrected chi connectivity index (χ2v) is 2.62. The van der Waals surface area contributed by atoms with E-state index in [1.165, 1.54) is 6.92 Å². The molecule has 0 atom stereocenters. The van der Waals surface area contributed by atoms with Crippen molar-refractivity contribution in [3.05, 3.63) is 0 Å². The molecule has 5 nitrogen and oxygen atoms in total. The summed E-state index contributed by atoms with van der Waals surface area (Å²) < 4.78 is 4.64. The fourth-order valence-electron chi connectivity index (χ4n) is 0.511. The molecule has 14 heavy (non-hydrogen) atoms. The summed E-state index contributed by atoms with van der Waals surface area (Å²) in [7, 11) is 1.59. The third kappa shape index (κ3) is 22.4. The van der Waals surface area contributed by atoms with Crippen LogP contribution in [0.5, 0.6) is 0 Å². The van der Waals surface area contributed by atoms with Crippen molar-refractivity contribution in [2.45, 2.75) is 26.7 Å². The lowest BCUT2D eigenvalue weighted by Gasteiger charge is -1.96. The summed E-state index contributed by atoms with van der Waals surface area (Å²) in [4.78, 5) is 19.6. The highest BCUT2D eigenvalue weighted by atomic mass is 16.5. The monoisotopic (exact) mass is 205 g/mol. The lowest BCUT2D eigenvalue weighted by atomic mass is 10.4. The number of ether oxygens (including phenoxy) is 1. The van der Waals surface area contributed by atoms with Crippen LogP contribution in [-0.4, -0.2) is 37.2 Å².